The Bertz CT molecular complexity index is 812. The summed E-state index contributed by atoms with van der Waals surface area (Å²) in [6.07, 6.45) is 0. The zero-order chi connectivity index (χ0) is 15.0. The SMILES string of the molecule is CCN(CC)c1ccc2nc3cc(C)c(N)cc3nc2c1.Cl. The van der Waals surface area contributed by atoms with Crippen molar-refractivity contribution in [2.75, 3.05) is 23.7 Å². The minimum atomic E-state index is 0. The maximum atomic E-state index is 5.98. The molecule has 0 aliphatic heterocycles. The highest BCUT2D eigenvalue weighted by Gasteiger charge is 2.07. The topological polar surface area (TPSA) is 55.0 Å². The molecule has 2 aromatic carbocycles. The zero-order valence-electron chi connectivity index (χ0n) is 13.1. The van der Waals surface area contributed by atoms with Crippen LogP contribution in [0.1, 0.15) is 19.4 Å². The van der Waals surface area contributed by atoms with Crippen molar-refractivity contribution in [2.24, 2.45) is 0 Å². The van der Waals surface area contributed by atoms with Gasteiger partial charge in [0.2, 0.25) is 0 Å². The first-order valence-corrected chi connectivity index (χ1v) is 7.35. The lowest BCUT2D eigenvalue weighted by atomic mass is 10.1. The van der Waals surface area contributed by atoms with Gasteiger partial charge in [-0.05, 0) is 56.7 Å². The molecule has 4 nitrogen and oxygen atoms in total. The first kappa shape index (κ1) is 16.3. The normalized spacial score (nSPS) is 10.7. The molecule has 0 aliphatic rings. The highest BCUT2D eigenvalue weighted by molar-refractivity contribution is 5.90. The van der Waals surface area contributed by atoms with Crippen molar-refractivity contribution in [3.8, 4) is 0 Å². The van der Waals surface area contributed by atoms with E-state index < -0.39 is 0 Å². The van der Waals surface area contributed by atoms with Gasteiger partial charge < -0.3 is 10.6 Å². The number of nitrogen functional groups attached to an aromatic ring is 1. The molecule has 0 amide bonds. The number of aromatic nitrogens is 2. The van der Waals surface area contributed by atoms with Crippen molar-refractivity contribution in [1.29, 1.82) is 0 Å². The molecular formula is C17H21ClN4. The largest absolute Gasteiger partial charge is 0.398 e. The molecule has 22 heavy (non-hydrogen) atoms. The molecule has 116 valence electrons. The zero-order valence-corrected chi connectivity index (χ0v) is 13.9. The number of anilines is 2. The number of halogens is 1. The van der Waals surface area contributed by atoms with E-state index in [1.807, 2.05) is 25.1 Å². The van der Waals surface area contributed by atoms with E-state index in [0.29, 0.717) is 0 Å². The van der Waals surface area contributed by atoms with E-state index in [1.165, 1.54) is 5.69 Å². The third kappa shape index (κ3) is 2.79. The van der Waals surface area contributed by atoms with Gasteiger partial charge in [-0.3, -0.25) is 0 Å². The highest BCUT2D eigenvalue weighted by atomic mass is 35.5. The van der Waals surface area contributed by atoms with Crippen LogP contribution in [0.2, 0.25) is 0 Å². The van der Waals surface area contributed by atoms with Crippen molar-refractivity contribution >= 4 is 45.8 Å². The van der Waals surface area contributed by atoms with Gasteiger partial charge in [-0.1, -0.05) is 0 Å². The summed E-state index contributed by atoms with van der Waals surface area (Å²) in [7, 11) is 0. The van der Waals surface area contributed by atoms with Gasteiger partial charge in [-0.2, -0.15) is 0 Å². The molecule has 3 aromatic rings. The van der Waals surface area contributed by atoms with Gasteiger partial charge in [0.05, 0.1) is 22.1 Å². The van der Waals surface area contributed by atoms with E-state index in [4.69, 9.17) is 15.7 Å². The Hall–Kier alpha value is -2.07. The van der Waals surface area contributed by atoms with Gasteiger partial charge >= 0.3 is 0 Å². The molecule has 0 saturated carbocycles. The van der Waals surface area contributed by atoms with Gasteiger partial charge in [0.15, 0.2) is 0 Å². The summed E-state index contributed by atoms with van der Waals surface area (Å²) in [6, 6.07) is 10.2. The van der Waals surface area contributed by atoms with Gasteiger partial charge in [-0.15, -0.1) is 12.4 Å². The van der Waals surface area contributed by atoms with Crippen LogP contribution in [0.5, 0.6) is 0 Å². The summed E-state index contributed by atoms with van der Waals surface area (Å²) in [5.41, 5.74) is 12.5. The first-order valence-electron chi connectivity index (χ1n) is 7.35. The average molecular weight is 317 g/mol. The molecule has 3 rings (SSSR count). The molecule has 5 heteroatoms. The summed E-state index contributed by atoms with van der Waals surface area (Å²) in [4.78, 5) is 11.7. The standard InChI is InChI=1S/C17H20N4.ClH/c1-4-21(5-2)12-6-7-14-16(9-12)20-17-10-13(18)11(3)8-15(17)19-14;/h6-10H,4-5,18H2,1-3H3;1H. The average Bonchev–Trinajstić information content (AvgIpc) is 2.48. The van der Waals surface area contributed by atoms with Crippen LogP contribution in [0, 0.1) is 6.92 Å². The van der Waals surface area contributed by atoms with Gasteiger partial charge in [0.25, 0.3) is 0 Å². The molecule has 0 bridgehead atoms. The summed E-state index contributed by atoms with van der Waals surface area (Å²) < 4.78 is 0. The summed E-state index contributed by atoms with van der Waals surface area (Å²) >= 11 is 0. The highest BCUT2D eigenvalue weighted by Crippen LogP contribution is 2.24. The number of benzene rings is 2. The Labute approximate surface area is 136 Å². The molecular weight excluding hydrogens is 296 g/mol. The molecule has 0 saturated heterocycles. The fourth-order valence-corrected chi connectivity index (χ4v) is 2.62. The van der Waals surface area contributed by atoms with Crippen molar-refractivity contribution in [1.82, 2.24) is 9.97 Å². The number of fused-ring (bicyclic) bond motifs is 2. The Morgan fingerprint density at radius 3 is 2.18 bits per heavy atom. The second-order valence-electron chi connectivity index (χ2n) is 5.27. The van der Waals surface area contributed by atoms with Crippen LogP contribution in [0.15, 0.2) is 30.3 Å². The third-order valence-corrected chi connectivity index (χ3v) is 3.93. The van der Waals surface area contributed by atoms with E-state index in [-0.39, 0.29) is 12.4 Å². The fourth-order valence-electron chi connectivity index (χ4n) is 2.62. The minimum absolute atomic E-state index is 0. The summed E-state index contributed by atoms with van der Waals surface area (Å²) in [5.74, 6) is 0. The molecule has 0 unspecified atom stereocenters. The van der Waals surface area contributed by atoms with Crippen LogP contribution in [0.25, 0.3) is 22.1 Å². The quantitative estimate of drug-likeness (QED) is 0.587. The third-order valence-electron chi connectivity index (χ3n) is 3.93. The first-order chi connectivity index (χ1) is 10.1. The van der Waals surface area contributed by atoms with Gasteiger partial charge in [0.1, 0.15) is 0 Å². The van der Waals surface area contributed by atoms with Crippen LogP contribution in [-0.4, -0.2) is 23.1 Å². The number of nitrogens with two attached hydrogens (primary N) is 1. The van der Waals surface area contributed by atoms with Crippen molar-refractivity contribution in [3.05, 3.63) is 35.9 Å². The Morgan fingerprint density at radius 2 is 1.50 bits per heavy atom. The second kappa shape index (κ2) is 6.36. The molecule has 0 spiro atoms. The second-order valence-corrected chi connectivity index (χ2v) is 5.27. The summed E-state index contributed by atoms with van der Waals surface area (Å²) in [5, 5.41) is 0. The predicted octanol–water partition coefficient (Wildman–Crippen LogP) is 3.94. The number of rotatable bonds is 3. The van der Waals surface area contributed by atoms with Crippen molar-refractivity contribution in [3.63, 3.8) is 0 Å². The monoisotopic (exact) mass is 316 g/mol. The summed E-state index contributed by atoms with van der Waals surface area (Å²) in [6.45, 7) is 8.26. The Kier molecular flexibility index (Phi) is 4.71. The van der Waals surface area contributed by atoms with Gasteiger partial charge in [-0.25, -0.2) is 9.97 Å². The molecule has 0 radical (unpaired) electrons. The Morgan fingerprint density at radius 1 is 0.909 bits per heavy atom. The number of nitrogens with zero attached hydrogens (tertiary/aromatic N) is 3. The van der Waals surface area contributed by atoms with Gasteiger partial charge in [0, 0.05) is 24.5 Å². The lowest BCUT2D eigenvalue weighted by Crippen LogP contribution is -2.21. The lowest BCUT2D eigenvalue weighted by Gasteiger charge is -2.21. The maximum Gasteiger partial charge on any atom is 0.0915 e. The van der Waals surface area contributed by atoms with E-state index in [1.54, 1.807) is 0 Å². The van der Waals surface area contributed by atoms with E-state index >= 15 is 0 Å². The van der Waals surface area contributed by atoms with Crippen LogP contribution in [0.3, 0.4) is 0 Å². The molecule has 1 aromatic heterocycles. The number of hydrogen-bond donors (Lipinski definition) is 1. The maximum absolute atomic E-state index is 5.98. The minimum Gasteiger partial charge on any atom is -0.398 e. The van der Waals surface area contributed by atoms with E-state index in [0.717, 1.165) is 46.4 Å². The fraction of sp³-hybridized carbons (Fsp3) is 0.294. The van der Waals surface area contributed by atoms with Crippen molar-refractivity contribution in [2.45, 2.75) is 20.8 Å². The van der Waals surface area contributed by atoms with Crippen LogP contribution < -0.4 is 10.6 Å². The number of aryl methyl sites for hydroxylation is 1. The Balaban J connectivity index is 0.00000176. The van der Waals surface area contributed by atoms with Crippen LogP contribution >= 0.6 is 12.4 Å². The molecule has 0 aliphatic carbocycles. The molecule has 0 atom stereocenters. The van der Waals surface area contributed by atoms with Crippen LogP contribution in [-0.2, 0) is 0 Å². The lowest BCUT2D eigenvalue weighted by molar-refractivity contribution is 0.867. The number of hydrogen-bond acceptors (Lipinski definition) is 4. The molecule has 0 fully saturated rings. The molecule has 1 heterocycles. The smallest absolute Gasteiger partial charge is 0.0915 e. The predicted molar refractivity (Wildman–Crippen MR) is 97.0 cm³/mol. The van der Waals surface area contributed by atoms with Crippen molar-refractivity contribution < 1.29 is 0 Å². The van der Waals surface area contributed by atoms with E-state index in [9.17, 15) is 0 Å². The van der Waals surface area contributed by atoms with Crippen LogP contribution in [0.4, 0.5) is 11.4 Å². The molecule has 2 N–H and O–H groups in total. The van der Waals surface area contributed by atoms with E-state index in [2.05, 4.69) is 30.9 Å².